The second-order valence-electron chi connectivity index (χ2n) is 6.85. The van der Waals surface area contributed by atoms with Crippen LogP contribution in [0.3, 0.4) is 0 Å². The number of methoxy groups -OCH3 is 1. The second kappa shape index (κ2) is 8.05. The van der Waals surface area contributed by atoms with Crippen LogP contribution in [0.5, 0.6) is 0 Å². The number of anilines is 1. The van der Waals surface area contributed by atoms with Crippen molar-refractivity contribution in [1.82, 2.24) is 4.90 Å². The topological polar surface area (TPSA) is 71.8 Å². The molecule has 2 aromatic rings. The van der Waals surface area contributed by atoms with Crippen molar-refractivity contribution in [2.24, 2.45) is 5.92 Å². The van der Waals surface area contributed by atoms with Gasteiger partial charge in [-0.05, 0) is 49.9 Å². The summed E-state index contributed by atoms with van der Waals surface area (Å²) in [5.41, 5.74) is 1.57. The Morgan fingerprint density at radius 2 is 2.27 bits per heavy atom. The molecule has 7 heteroatoms. The molecule has 140 valence electrons. The lowest BCUT2D eigenvalue weighted by molar-refractivity contribution is -0.117. The summed E-state index contributed by atoms with van der Waals surface area (Å²) < 4.78 is 10.3. The molecule has 3 rings (SSSR count). The SMILES string of the molecule is COC(=O)c1c(NC(=O)CN(C)Cc2ccco2)sc2c1CC[C@H](C)C2. The second-order valence-corrected chi connectivity index (χ2v) is 7.95. The van der Waals surface area contributed by atoms with Crippen molar-refractivity contribution in [2.75, 3.05) is 26.0 Å². The molecule has 0 bridgehead atoms. The van der Waals surface area contributed by atoms with Crippen LogP contribution in [0.15, 0.2) is 22.8 Å². The summed E-state index contributed by atoms with van der Waals surface area (Å²) in [5, 5.41) is 3.52. The third-order valence-electron chi connectivity index (χ3n) is 4.57. The number of ether oxygens (including phenoxy) is 1. The van der Waals surface area contributed by atoms with Crippen LogP contribution in [0.4, 0.5) is 5.00 Å². The van der Waals surface area contributed by atoms with Crippen molar-refractivity contribution in [3.05, 3.63) is 40.2 Å². The lowest BCUT2D eigenvalue weighted by Gasteiger charge is -2.18. The van der Waals surface area contributed by atoms with E-state index in [2.05, 4.69) is 12.2 Å². The molecule has 1 amide bonds. The maximum atomic E-state index is 12.5. The van der Waals surface area contributed by atoms with Gasteiger partial charge in [0.15, 0.2) is 0 Å². The first-order valence-corrected chi connectivity index (χ1v) is 9.53. The van der Waals surface area contributed by atoms with Crippen LogP contribution in [0.1, 0.15) is 39.9 Å². The average Bonchev–Trinajstić information content (AvgIpc) is 3.20. The van der Waals surface area contributed by atoms with Crippen LogP contribution in [0.25, 0.3) is 0 Å². The largest absolute Gasteiger partial charge is 0.468 e. The van der Waals surface area contributed by atoms with Crippen LogP contribution in [0.2, 0.25) is 0 Å². The molecule has 1 aliphatic carbocycles. The van der Waals surface area contributed by atoms with E-state index in [4.69, 9.17) is 9.15 Å². The fraction of sp³-hybridized carbons (Fsp3) is 0.474. The van der Waals surface area contributed by atoms with E-state index in [0.717, 1.165) is 30.6 Å². The van der Waals surface area contributed by atoms with Crippen molar-refractivity contribution >= 4 is 28.2 Å². The number of hydrogen-bond donors (Lipinski definition) is 1. The van der Waals surface area contributed by atoms with Gasteiger partial charge in [-0.15, -0.1) is 11.3 Å². The predicted octanol–water partition coefficient (Wildman–Crippen LogP) is 3.32. The molecule has 0 radical (unpaired) electrons. The highest BCUT2D eigenvalue weighted by Crippen LogP contribution is 2.40. The van der Waals surface area contributed by atoms with Crippen LogP contribution in [-0.2, 0) is 28.9 Å². The zero-order chi connectivity index (χ0) is 18.7. The van der Waals surface area contributed by atoms with E-state index >= 15 is 0 Å². The van der Waals surface area contributed by atoms with Gasteiger partial charge in [-0.2, -0.15) is 0 Å². The molecule has 1 aliphatic rings. The fourth-order valence-corrected chi connectivity index (χ4v) is 4.71. The standard InChI is InChI=1S/C19H24N2O4S/c1-12-6-7-14-15(9-12)26-18(17(14)19(23)24-3)20-16(22)11-21(2)10-13-5-4-8-25-13/h4-5,8,12H,6-7,9-11H2,1-3H3,(H,20,22)/t12-/m0/s1. The van der Waals surface area contributed by atoms with Crippen molar-refractivity contribution < 1.29 is 18.7 Å². The Balaban J connectivity index is 1.72. The highest BCUT2D eigenvalue weighted by atomic mass is 32.1. The van der Waals surface area contributed by atoms with Crippen molar-refractivity contribution in [3.8, 4) is 0 Å². The molecule has 1 atom stereocenters. The normalized spacial score (nSPS) is 16.4. The molecule has 2 heterocycles. The number of nitrogens with one attached hydrogen (secondary N) is 1. The molecular weight excluding hydrogens is 352 g/mol. The quantitative estimate of drug-likeness (QED) is 0.783. The van der Waals surface area contributed by atoms with Gasteiger partial charge in [0, 0.05) is 4.88 Å². The number of carbonyl (C=O) groups excluding carboxylic acids is 2. The molecule has 0 spiro atoms. The lowest BCUT2D eigenvalue weighted by atomic mass is 9.88. The average molecular weight is 376 g/mol. The van der Waals surface area contributed by atoms with E-state index in [0.29, 0.717) is 23.0 Å². The van der Waals surface area contributed by atoms with Gasteiger partial charge in [0.25, 0.3) is 0 Å². The summed E-state index contributed by atoms with van der Waals surface area (Å²) in [5.74, 6) is 0.859. The van der Waals surface area contributed by atoms with E-state index < -0.39 is 0 Å². The number of furan rings is 1. The van der Waals surface area contributed by atoms with Gasteiger partial charge < -0.3 is 14.5 Å². The van der Waals surface area contributed by atoms with E-state index in [-0.39, 0.29) is 18.4 Å². The molecule has 2 aromatic heterocycles. The molecule has 0 aromatic carbocycles. The third kappa shape index (κ3) is 4.16. The first kappa shape index (κ1) is 18.7. The lowest BCUT2D eigenvalue weighted by Crippen LogP contribution is -2.30. The van der Waals surface area contributed by atoms with Crippen molar-refractivity contribution in [3.63, 3.8) is 0 Å². The molecule has 26 heavy (non-hydrogen) atoms. The predicted molar refractivity (Wildman–Crippen MR) is 101 cm³/mol. The zero-order valence-corrected chi connectivity index (χ0v) is 16.1. The van der Waals surface area contributed by atoms with E-state index in [1.54, 1.807) is 6.26 Å². The van der Waals surface area contributed by atoms with Gasteiger partial charge in [0.05, 0.1) is 32.0 Å². The van der Waals surface area contributed by atoms with Gasteiger partial charge in [0.1, 0.15) is 10.8 Å². The van der Waals surface area contributed by atoms with Gasteiger partial charge in [-0.3, -0.25) is 9.69 Å². The number of nitrogens with zero attached hydrogens (tertiary/aromatic N) is 1. The number of rotatable bonds is 6. The maximum Gasteiger partial charge on any atom is 0.341 e. The summed E-state index contributed by atoms with van der Waals surface area (Å²) >= 11 is 1.50. The van der Waals surface area contributed by atoms with Crippen LogP contribution < -0.4 is 5.32 Å². The minimum absolute atomic E-state index is 0.157. The van der Waals surface area contributed by atoms with E-state index in [9.17, 15) is 9.59 Å². The van der Waals surface area contributed by atoms with E-state index in [1.165, 1.54) is 23.3 Å². The Labute approximate surface area is 157 Å². The Bertz CT molecular complexity index is 782. The maximum absolute atomic E-state index is 12.5. The Hall–Kier alpha value is -2.12. The molecule has 0 saturated carbocycles. The number of likely N-dealkylation sites (N-methyl/N-ethyl adjacent to an activating group) is 1. The summed E-state index contributed by atoms with van der Waals surface area (Å²) in [4.78, 5) is 27.8. The van der Waals surface area contributed by atoms with Gasteiger partial charge >= 0.3 is 5.97 Å². The van der Waals surface area contributed by atoms with Crippen LogP contribution >= 0.6 is 11.3 Å². The summed E-state index contributed by atoms with van der Waals surface area (Å²) in [7, 11) is 3.23. The Kier molecular flexibility index (Phi) is 5.78. The number of hydrogen-bond acceptors (Lipinski definition) is 6. The third-order valence-corrected chi connectivity index (χ3v) is 5.74. The molecule has 0 aliphatic heterocycles. The first-order chi connectivity index (χ1) is 12.5. The smallest absolute Gasteiger partial charge is 0.341 e. The summed E-state index contributed by atoms with van der Waals surface area (Å²) in [6, 6.07) is 3.70. The van der Waals surface area contributed by atoms with E-state index in [1.807, 2.05) is 24.1 Å². The molecule has 0 saturated heterocycles. The van der Waals surface area contributed by atoms with Gasteiger partial charge in [0.2, 0.25) is 5.91 Å². The highest BCUT2D eigenvalue weighted by molar-refractivity contribution is 7.17. The first-order valence-electron chi connectivity index (χ1n) is 8.71. The molecule has 1 N–H and O–H groups in total. The van der Waals surface area contributed by atoms with Crippen molar-refractivity contribution in [1.29, 1.82) is 0 Å². The van der Waals surface area contributed by atoms with Gasteiger partial charge in [-0.1, -0.05) is 6.92 Å². The number of fused-ring (bicyclic) bond motifs is 1. The number of thiophene rings is 1. The highest BCUT2D eigenvalue weighted by Gasteiger charge is 2.29. The Morgan fingerprint density at radius 3 is 2.96 bits per heavy atom. The number of carbonyl (C=O) groups is 2. The minimum Gasteiger partial charge on any atom is -0.468 e. The van der Waals surface area contributed by atoms with Crippen LogP contribution in [0, 0.1) is 5.92 Å². The molecule has 0 fully saturated rings. The molecule has 0 unspecified atom stereocenters. The number of amides is 1. The monoisotopic (exact) mass is 376 g/mol. The Morgan fingerprint density at radius 1 is 1.46 bits per heavy atom. The zero-order valence-electron chi connectivity index (χ0n) is 15.3. The summed E-state index contributed by atoms with van der Waals surface area (Å²) in [6.45, 7) is 2.96. The minimum atomic E-state index is -0.378. The van der Waals surface area contributed by atoms with Crippen molar-refractivity contribution in [2.45, 2.75) is 32.7 Å². The molecule has 6 nitrogen and oxygen atoms in total. The van der Waals surface area contributed by atoms with Gasteiger partial charge in [-0.25, -0.2) is 4.79 Å². The number of esters is 1. The molecular formula is C19H24N2O4S. The fourth-order valence-electron chi connectivity index (χ4n) is 3.29. The summed E-state index contributed by atoms with van der Waals surface area (Å²) in [6.07, 6.45) is 4.46. The van der Waals surface area contributed by atoms with Crippen LogP contribution in [-0.4, -0.2) is 37.5 Å².